The molecule has 26 heavy (non-hydrogen) atoms. The van der Waals surface area contributed by atoms with Gasteiger partial charge < -0.3 is 29.6 Å². The molecule has 7 heteroatoms. The number of methoxy groups -OCH3 is 2. The van der Waals surface area contributed by atoms with Gasteiger partial charge in [0, 0.05) is 44.7 Å². The number of hydrogen-bond donors (Lipinski definition) is 2. The van der Waals surface area contributed by atoms with E-state index in [1.54, 1.807) is 14.2 Å². The van der Waals surface area contributed by atoms with Crippen LogP contribution in [0, 0.1) is 0 Å². The largest absolute Gasteiger partial charge is 0.493 e. The second-order valence-electron chi connectivity index (χ2n) is 5.99. The van der Waals surface area contributed by atoms with Crippen LogP contribution in [0.5, 0.6) is 11.5 Å². The lowest BCUT2D eigenvalue weighted by atomic mass is 10.1. The first-order valence-electron chi connectivity index (χ1n) is 9.23. The Morgan fingerprint density at radius 3 is 2.65 bits per heavy atom. The topological polar surface area (TPSA) is 73.3 Å². The molecule has 0 spiro atoms. The molecule has 1 aliphatic rings. The highest BCUT2D eigenvalue weighted by Gasteiger charge is 2.13. The Kier molecular flexibility index (Phi) is 9.06. The molecule has 2 rings (SSSR count). The van der Waals surface area contributed by atoms with E-state index in [1.807, 2.05) is 25.1 Å². The summed E-state index contributed by atoms with van der Waals surface area (Å²) < 4.78 is 21.8. The molecule has 146 valence electrons. The van der Waals surface area contributed by atoms with E-state index >= 15 is 0 Å². The van der Waals surface area contributed by atoms with Crippen molar-refractivity contribution in [1.29, 1.82) is 0 Å². The van der Waals surface area contributed by atoms with Crippen LogP contribution < -0.4 is 20.1 Å². The minimum absolute atomic E-state index is 0.339. The number of anilines is 1. The molecule has 1 aliphatic heterocycles. The number of nitrogens with zero attached hydrogens (tertiary/aromatic N) is 1. The molecule has 0 unspecified atom stereocenters. The third kappa shape index (κ3) is 6.72. The second-order valence-corrected chi connectivity index (χ2v) is 5.99. The third-order valence-electron chi connectivity index (χ3n) is 4.08. The summed E-state index contributed by atoms with van der Waals surface area (Å²) in [5.74, 6) is 2.12. The molecule has 1 fully saturated rings. The van der Waals surface area contributed by atoms with Crippen LogP contribution in [0.2, 0.25) is 0 Å². The van der Waals surface area contributed by atoms with Crippen LogP contribution in [0.1, 0.15) is 26.2 Å². The highest BCUT2D eigenvalue weighted by Crippen LogP contribution is 2.29. The van der Waals surface area contributed by atoms with Crippen LogP contribution in [0.25, 0.3) is 0 Å². The molecule has 0 amide bonds. The zero-order valence-electron chi connectivity index (χ0n) is 16.0. The van der Waals surface area contributed by atoms with Crippen molar-refractivity contribution in [3.05, 3.63) is 18.2 Å². The van der Waals surface area contributed by atoms with Crippen molar-refractivity contribution in [2.45, 2.75) is 32.3 Å². The van der Waals surface area contributed by atoms with Crippen LogP contribution in [0.4, 0.5) is 5.69 Å². The van der Waals surface area contributed by atoms with Crippen LogP contribution >= 0.6 is 0 Å². The maximum absolute atomic E-state index is 5.88. The normalized spacial score (nSPS) is 15.6. The molecule has 0 atom stereocenters. The number of rotatable bonds is 9. The van der Waals surface area contributed by atoms with Gasteiger partial charge in [-0.15, -0.1) is 0 Å². The highest BCUT2D eigenvalue weighted by atomic mass is 16.5. The number of benzene rings is 1. The van der Waals surface area contributed by atoms with Crippen molar-refractivity contribution in [3.8, 4) is 11.5 Å². The Morgan fingerprint density at radius 1 is 1.19 bits per heavy atom. The van der Waals surface area contributed by atoms with Gasteiger partial charge in [-0.1, -0.05) is 0 Å². The fourth-order valence-electron chi connectivity index (χ4n) is 2.71. The first kappa shape index (κ1) is 20.3. The van der Waals surface area contributed by atoms with Crippen molar-refractivity contribution in [3.63, 3.8) is 0 Å². The van der Waals surface area contributed by atoms with Gasteiger partial charge >= 0.3 is 0 Å². The molecule has 7 nitrogen and oxygen atoms in total. The summed E-state index contributed by atoms with van der Waals surface area (Å²) in [6, 6.07) is 5.69. The van der Waals surface area contributed by atoms with Crippen molar-refractivity contribution >= 4 is 11.6 Å². The lowest BCUT2D eigenvalue weighted by Gasteiger charge is -2.22. The lowest BCUT2D eigenvalue weighted by molar-refractivity contribution is -0.0318. The Balaban J connectivity index is 1.82. The van der Waals surface area contributed by atoms with Crippen LogP contribution in [0.3, 0.4) is 0 Å². The molecular formula is C19H31N3O4. The van der Waals surface area contributed by atoms with Gasteiger partial charge in [0.05, 0.1) is 20.3 Å². The molecule has 0 saturated carbocycles. The number of aliphatic imine (C=N–C) groups is 1. The van der Waals surface area contributed by atoms with Gasteiger partial charge in [0.15, 0.2) is 17.5 Å². The SMILES string of the molecule is CCNC(=NCCCOC1CCOCC1)Nc1ccc(OC)c(OC)c1. The van der Waals surface area contributed by atoms with Crippen molar-refractivity contribution in [2.24, 2.45) is 4.99 Å². The van der Waals surface area contributed by atoms with Gasteiger partial charge in [0.1, 0.15) is 0 Å². The van der Waals surface area contributed by atoms with E-state index in [-0.39, 0.29) is 0 Å². The average Bonchev–Trinajstić information content (AvgIpc) is 2.68. The molecule has 1 heterocycles. The van der Waals surface area contributed by atoms with E-state index in [9.17, 15) is 0 Å². The van der Waals surface area contributed by atoms with E-state index in [1.165, 1.54) is 0 Å². The number of nitrogens with one attached hydrogen (secondary N) is 2. The molecule has 0 aliphatic carbocycles. The molecule has 1 aromatic rings. The van der Waals surface area contributed by atoms with Crippen molar-refractivity contribution in [2.75, 3.05) is 52.4 Å². The fourth-order valence-corrected chi connectivity index (χ4v) is 2.71. The van der Waals surface area contributed by atoms with E-state index in [4.69, 9.17) is 18.9 Å². The first-order valence-corrected chi connectivity index (χ1v) is 9.23. The van der Waals surface area contributed by atoms with E-state index in [0.29, 0.717) is 24.1 Å². The lowest BCUT2D eigenvalue weighted by Crippen LogP contribution is -2.31. The minimum atomic E-state index is 0.339. The maximum atomic E-state index is 5.88. The predicted molar refractivity (Wildman–Crippen MR) is 104 cm³/mol. The zero-order valence-corrected chi connectivity index (χ0v) is 16.0. The summed E-state index contributed by atoms with van der Waals surface area (Å²) in [5, 5.41) is 6.54. The molecule has 1 saturated heterocycles. The predicted octanol–water partition coefficient (Wildman–Crippen LogP) is 2.67. The number of ether oxygens (including phenoxy) is 4. The summed E-state index contributed by atoms with van der Waals surface area (Å²) in [6.07, 6.45) is 3.21. The smallest absolute Gasteiger partial charge is 0.195 e. The van der Waals surface area contributed by atoms with Crippen LogP contribution in [0.15, 0.2) is 23.2 Å². The Morgan fingerprint density at radius 2 is 1.96 bits per heavy atom. The quantitative estimate of drug-likeness (QED) is 0.398. The summed E-state index contributed by atoms with van der Waals surface area (Å²) in [5.41, 5.74) is 0.890. The molecule has 0 bridgehead atoms. The average molecular weight is 365 g/mol. The van der Waals surface area contributed by atoms with Gasteiger partial charge in [-0.25, -0.2) is 0 Å². The summed E-state index contributed by atoms with van der Waals surface area (Å²) in [4.78, 5) is 4.61. The van der Waals surface area contributed by atoms with Gasteiger partial charge in [0.25, 0.3) is 0 Å². The fraction of sp³-hybridized carbons (Fsp3) is 0.632. The molecular weight excluding hydrogens is 334 g/mol. The van der Waals surface area contributed by atoms with Gasteiger partial charge in [0.2, 0.25) is 0 Å². The van der Waals surface area contributed by atoms with Crippen molar-refractivity contribution in [1.82, 2.24) is 5.32 Å². The maximum Gasteiger partial charge on any atom is 0.195 e. The van der Waals surface area contributed by atoms with Crippen LogP contribution in [-0.4, -0.2) is 59.2 Å². The summed E-state index contributed by atoms with van der Waals surface area (Å²) in [6.45, 7) is 5.87. The molecule has 2 N–H and O–H groups in total. The summed E-state index contributed by atoms with van der Waals surface area (Å²) in [7, 11) is 3.25. The van der Waals surface area contributed by atoms with Gasteiger partial charge in [-0.05, 0) is 38.3 Å². The van der Waals surface area contributed by atoms with E-state index in [0.717, 1.165) is 57.3 Å². The summed E-state index contributed by atoms with van der Waals surface area (Å²) >= 11 is 0. The van der Waals surface area contributed by atoms with Gasteiger partial charge in [-0.3, -0.25) is 4.99 Å². The standard InChI is InChI=1S/C19H31N3O4/c1-4-20-19(21-10-5-11-26-16-8-12-25-13-9-16)22-15-6-7-17(23-2)18(14-15)24-3/h6-7,14,16H,4-5,8-13H2,1-3H3,(H2,20,21,22). The monoisotopic (exact) mass is 365 g/mol. The zero-order chi connectivity index (χ0) is 18.6. The Bertz CT molecular complexity index is 560. The third-order valence-corrected chi connectivity index (χ3v) is 4.08. The first-order chi connectivity index (χ1) is 12.8. The second kappa shape index (κ2) is 11.6. The Hall–Kier alpha value is -1.99. The Labute approximate surface area is 156 Å². The minimum Gasteiger partial charge on any atom is -0.493 e. The molecule has 1 aromatic carbocycles. The molecule has 0 radical (unpaired) electrons. The molecule has 0 aromatic heterocycles. The highest BCUT2D eigenvalue weighted by molar-refractivity contribution is 5.93. The number of hydrogen-bond acceptors (Lipinski definition) is 5. The van der Waals surface area contributed by atoms with Crippen molar-refractivity contribution < 1.29 is 18.9 Å². The number of guanidine groups is 1. The van der Waals surface area contributed by atoms with Crippen LogP contribution in [-0.2, 0) is 9.47 Å². The van der Waals surface area contributed by atoms with E-state index < -0.39 is 0 Å². The van der Waals surface area contributed by atoms with Gasteiger partial charge in [-0.2, -0.15) is 0 Å². The van der Waals surface area contributed by atoms with E-state index in [2.05, 4.69) is 15.6 Å².